The number of rotatable bonds is 5. The first-order valence-electron chi connectivity index (χ1n) is 8.16. The molecule has 2 heterocycles. The molecule has 0 radical (unpaired) electrons. The van der Waals surface area contributed by atoms with E-state index in [1.54, 1.807) is 4.68 Å². The SMILES string of the molecule is CCn1nc(CCCC=O)c2c1C(=O)NCCCOCCC2. The highest BCUT2D eigenvalue weighted by Crippen LogP contribution is 2.19. The molecule has 1 aromatic rings. The first-order valence-corrected chi connectivity index (χ1v) is 8.16. The lowest BCUT2D eigenvalue weighted by atomic mass is 10.0. The second kappa shape index (κ2) is 8.68. The van der Waals surface area contributed by atoms with E-state index in [0.29, 0.717) is 38.4 Å². The summed E-state index contributed by atoms with van der Waals surface area (Å²) in [4.78, 5) is 23.0. The van der Waals surface area contributed by atoms with Crippen LogP contribution in [0.1, 0.15) is 54.4 Å². The standard InChI is InChI=1S/C16H25N3O3/c1-2-19-15-13(14(18-19)8-3-4-10-20)7-5-11-22-12-6-9-17-16(15)21/h10H,2-9,11-12H2,1H3,(H,17,21). The number of aryl methyl sites for hydroxylation is 2. The van der Waals surface area contributed by atoms with Crippen molar-refractivity contribution in [2.75, 3.05) is 19.8 Å². The molecule has 0 atom stereocenters. The molecule has 0 unspecified atom stereocenters. The monoisotopic (exact) mass is 307 g/mol. The summed E-state index contributed by atoms with van der Waals surface area (Å²) in [6.45, 7) is 4.67. The molecular weight excluding hydrogens is 282 g/mol. The number of aromatic nitrogens is 2. The molecule has 2 rings (SSSR count). The zero-order valence-corrected chi connectivity index (χ0v) is 13.3. The van der Waals surface area contributed by atoms with E-state index in [0.717, 1.165) is 49.6 Å². The molecule has 22 heavy (non-hydrogen) atoms. The number of nitrogens with zero attached hydrogens (tertiary/aromatic N) is 2. The van der Waals surface area contributed by atoms with Gasteiger partial charge in [-0.25, -0.2) is 0 Å². The largest absolute Gasteiger partial charge is 0.381 e. The molecule has 6 nitrogen and oxygen atoms in total. The summed E-state index contributed by atoms with van der Waals surface area (Å²) >= 11 is 0. The van der Waals surface area contributed by atoms with Crippen LogP contribution in [0.3, 0.4) is 0 Å². The van der Waals surface area contributed by atoms with Gasteiger partial charge in [-0.05, 0) is 39.0 Å². The van der Waals surface area contributed by atoms with Gasteiger partial charge < -0.3 is 14.8 Å². The Hall–Kier alpha value is -1.69. The van der Waals surface area contributed by atoms with E-state index in [9.17, 15) is 9.59 Å². The van der Waals surface area contributed by atoms with Crippen LogP contribution < -0.4 is 5.32 Å². The summed E-state index contributed by atoms with van der Waals surface area (Å²) in [6.07, 6.45) is 5.48. The molecule has 6 heteroatoms. The molecule has 1 amide bonds. The highest BCUT2D eigenvalue weighted by atomic mass is 16.5. The third-order valence-electron chi connectivity index (χ3n) is 3.85. The van der Waals surface area contributed by atoms with Crippen molar-refractivity contribution < 1.29 is 14.3 Å². The van der Waals surface area contributed by atoms with Gasteiger partial charge in [-0.2, -0.15) is 5.10 Å². The molecule has 0 aromatic carbocycles. The van der Waals surface area contributed by atoms with Gasteiger partial charge in [-0.1, -0.05) is 0 Å². The van der Waals surface area contributed by atoms with Crippen LogP contribution in [0.15, 0.2) is 0 Å². The van der Waals surface area contributed by atoms with Crippen LogP contribution >= 0.6 is 0 Å². The number of aldehydes is 1. The lowest BCUT2D eigenvalue weighted by Gasteiger charge is -2.08. The first-order chi connectivity index (χ1) is 10.8. The summed E-state index contributed by atoms with van der Waals surface area (Å²) in [6, 6.07) is 0. The Labute approximate surface area is 131 Å². The molecule has 1 aliphatic heterocycles. The molecular formula is C16H25N3O3. The summed E-state index contributed by atoms with van der Waals surface area (Å²) in [5.74, 6) is -0.0483. The maximum Gasteiger partial charge on any atom is 0.269 e. The van der Waals surface area contributed by atoms with Crippen molar-refractivity contribution in [2.24, 2.45) is 0 Å². The number of nitrogens with one attached hydrogen (secondary N) is 1. The molecule has 1 N–H and O–H groups in total. The Morgan fingerprint density at radius 1 is 1.36 bits per heavy atom. The molecule has 0 saturated heterocycles. The number of carbonyl (C=O) groups is 2. The number of ether oxygens (including phenoxy) is 1. The highest BCUT2D eigenvalue weighted by Gasteiger charge is 2.22. The summed E-state index contributed by atoms with van der Waals surface area (Å²) in [5, 5.41) is 7.56. The second-order valence-corrected chi connectivity index (χ2v) is 5.47. The number of unbranched alkanes of at least 4 members (excludes halogenated alkanes) is 1. The van der Waals surface area contributed by atoms with Crippen molar-refractivity contribution >= 4 is 12.2 Å². The second-order valence-electron chi connectivity index (χ2n) is 5.47. The van der Waals surface area contributed by atoms with Crippen molar-refractivity contribution in [3.05, 3.63) is 17.0 Å². The fourth-order valence-corrected chi connectivity index (χ4v) is 2.76. The number of amides is 1. The predicted octanol–water partition coefficient (Wildman–Crippen LogP) is 1.51. The van der Waals surface area contributed by atoms with Crippen LogP contribution in [0.5, 0.6) is 0 Å². The number of hydrogen-bond acceptors (Lipinski definition) is 4. The lowest BCUT2D eigenvalue weighted by Crippen LogP contribution is -2.28. The molecule has 1 aromatic heterocycles. The van der Waals surface area contributed by atoms with Crippen LogP contribution in [0.4, 0.5) is 0 Å². The molecule has 0 saturated carbocycles. The fraction of sp³-hybridized carbons (Fsp3) is 0.688. The summed E-state index contributed by atoms with van der Waals surface area (Å²) in [7, 11) is 0. The summed E-state index contributed by atoms with van der Waals surface area (Å²) in [5.41, 5.74) is 2.66. The van der Waals surface area contributed by atoms with Gasteiger partial charge in [-0.15, -0.1) is 0 Å². The predicted molar refractivity (Wildman–Crippen MR) is 83.0 cm³/mol. The quantitative estimate of drug-likeness (QED) is 0.661. The maximum absolute atomic E-state index is 12.5. The highest BCUT2D eigenvalue weighted by molar-refractivity contribution is 5.94. The van der Waals surface area contributed by atoms with Crippen molar-refractivity contribution in [1.82, 2.24) is 15.1 Å². The van der Waals surface area contributed by atoms with E-state index in [4.69, 9.17) is 4.74 Å². The maximum atomic E-state index is 12.5. The van der Waals surface area contributed by atoms with Crippen LogP contribution in [0, 0.1) is 0 Å². The normalized spacial score (nSPS) is 16.5. The number of carbonyl (C=O) groups excluding carboxylic acids is 2. The molecule has 0 spiro atoms. The molecule has 122 valence electrons. The zero-order valence-electron chi connectivity index (χ0n) is 13.3. The van der Waals surface area contributed by atoms with Crippen LogP contribution in [-0.4, -0.2) is 41.7 Å². The topological polar surface area (TPSA) is 73.2 Å². The first kappa shape index (κ1) is 16.7. The Kier molecular flexibility index (Phi) is 6.58. The minimum absolute atomic E-state index is 0.0483. The Bertz CT molecular complexity index is 511. The smallest absolute Gasteiger partial charge is 0.269 e. The van der Waals surface area contributed by atoms with Crippen molar-refractivity contribution in [3.8, 4) is 0 Å². The van der Waals surface area contributed by atoms with Crippen LogP contribution in [0.25, 0.3) is 0 Å². The van der Waals surface area contributed by atoms with Crippen molar-refractivity contribution in [1.29, 1.82) is 0 Å². The lowest BCUT2D eigenvalue weighted by molar-refractivity contribution is -0.107. The van der Waals surface area contributed by atoms with Gasteiger partial charge in [0.25, 0.3) is 5.91 Å². The van der Waals surface area contributed by atoms with E-state index in [-0.39, 0.29) is 5.91 Å². The van der Waals surface area contributed by atoms with Crippen molar-refractivity contribution in [2.45, 2.75) is 52.0 Å². The van der Waals surface area contributed by atoms with E-state index in [1.165, 1.54) is 0 Å². The Morgan fingerprint density at radius 2 is 2.18 bits per heavy atom. The minimum Gasteiger partial charge on any atom is -0.381 e. The van der Waals surface area contributed by atoms with E-state index in [2.05, 4.69) is 10.4 Å². The van der Waals surface area contributed by atoms with Gasteiger partial charge in [-0.3, -0.25) is 9.48 Å². The minimum atomic E-state index is -0.0483. The zero-order chi connectivity index (χ0) is 15.8. The summed E-state index contributed by atoms with van der Waals surface area (Å²) < 4.78 is 7.35. The van der Waals surface area contributed by atoms with Gasteiger partial charge in [0.2, 0.25) is 0 Å². The Balaban J connectivity index is 2.28. The van der Waals surface area contributed by atoms with Gasteiger partial charge in [0.1, 0.15) is 12.0 Å². The van der Waals surface area contributed by atoms with Crippen LogP contribution in [-0.2, 0) is 28.9 Å². The van der Waals surface area contributed by atoms with Gasteiger partial charge in [0, 0.05) is 38.3 Å². The van der Waals surface area contributed by atoms with E-state index in [1.807, 2.05) is 6.92 Å². The molecule has 0 fully saturated rings. The fourth-order valence-electron chi connectivity index (χ4n) is 2.76. The van der Waals surface area contributed by atoms with E-state index >= 15 is 0 Å². The Morgan fingerprint density at radius 3 is 2.95 bits per heavy atom. The number of fused-ring (bicyclic) bond motifs is 1. The third kappa shape index (κ3) is 4.16. The average Bonchev–Trinajstić information content (AvgIpc) is 2.85. The molecule has 1 aliphatic rings. The van der Waals surface area contributed by atoms with Gasteiger partial charge >= 0.3 is 0 Å². The average molecular weight is 307 g/mol. The van der Waals surface area contributed by atoms with Crippen LogP contribution in [0.2, 0.25) is 0 Å². The molecule has 0 aliphatic carbocycles. The molecule has 0 bridgehead atoms. The third-order valence-corrected chi connectivity index (χ3v) is 3.85. The van der Waals surface area contributed by atoms with E-state index < -0.39 is 0 Å². The van der Waals surface area contributed by atoms with Crippen molar-refractivity contribution in [3.63, 3.8) is 0 Å². The van der Waals surface area contributed by atoms with Gasteiger partial charge in [0.15, 0.2) is 0 Å². The number of hydrogen-bond donors (Lipinski definition) is 1. The van der Waals surface area contributed by atoms with Gasteiger partial charge in [0.05, 0.1) is 5.69 Å².